The second-order valence-electron chi connectivity index (χ2n) is 8.95. The van der Waals surface area contributed by atoms with Crippen molar-refractivity contribution in [1.82, 2.24) is 10.2 Å². The first-order valence-corrected chi connectivity index (χ1v) is 14.7. The summed E-state index contributed by atoms with van der Waals surface area (Å²) in [5.41, 5.74) is 2.51. The molecule has 0 aliphatic rings. The van der Waals surface area contributed by atoms with E-state index in [4.69, 9.17) is 23.2 Å². The summed E-state index contributed by atoms with van der Waals surface area (Å²) >= 11 is 12.3. The van der Waals surface area contributed by atoms with Crippen molar-refractivity contribution in [2.45, 2.75) is 32.9 Å². The van der Waals surface area contributed by atoms with Crippen LogP contribution in [-0.2, 0) is 32.6 Å². The highest BCUT2D eigenvalue weighted by Gasteiger charge is 2.33. The lowest BCUT2D eigenvalue weighted by atomic mass is 10.0. The fourth-order valence-corrected chi connectivity index (χ4v) is 5.52. The fraction of sp³-hybridized carbons (Fsp3) is 0.286. The molecule has 3 aromatic carbocycles. The summed E-state index contributed by atoms with van der Waals surface area (Å²) in [6, 6.07) is 20.3. The van der Waals surface area contributed by atoms with E-state index in [-0.39, 0.29) is 18.9 Å². The Hall–Kier alpha value is -3.07. The van der Waals surface area contributed by atoms with Crippen molar-refractivity contribution in [3.63, 3.8) is 0 Å². The van der Waals surface area contributed by atoms with Gasteiger partial charge in [0.1, 0.15) is 12.6 Å². The minimum absolute atomic E-state index is 0.0607. The van der Waals surface area contributed by atoms with Crippen LogP contribution < -0.4 is 9.62 Å². The number of hydrogen-bond donors (Lipinski definition) is 1. The number of benzene rings is 3. The highest BCUT2D eigenvalue weighted by molar-refractivity contribution is 7.92. The van der Waals surface area contributed by atoms with Crippen LogP contribution in [0.25, 0.3) is 0 Å². The van der Waals surface area contributed by atoms with Crippen LogP contribution in [-0.4, -0.2) is 50.5 Å². The summed E-state index contributed by atoms with van der Waals surface area (Å²) in [5.74, 6) is -0.864. The third kappa shape index (κ3) is 7.96. The third-order valence-corrected chi connectivity index (χ3v) is 7.57. The van der Waals surface area contributed by atoms with Gasteiger partial charge in [-0.3, -0.25) is 13.9 Å². The highest BCUT2D eigenvalue weighted by Crippen LogP contribution is 2.26. The molecular formula is C28H31Cl2N3O4S. The molecule has 10 heteroatoms. The minimum Gasteiger partial charge on any atom is -0.355 e. The van der Waals surface area contributed by atoms with Gasteiger partial charge in [-0.25, -0.2) is 8.42 Å². The van der Waals surface area contributed by atoms with Gasteiger partial charge in [0.25, 0.3) is 0 Å². The Labute approximate surface area is 234 Å². The Bertz CT molecular complexity index is 1380. The second kappa shape index (κ2) is 13.1. The largest absolute Gasteiger partial charge is 0.355 e. The molecule has 202 valence electrons. The number of rotatable bonds is 11. The molecule has 3 aromatic rings. The van der Waals surface area contributed by atoms with Crippen LogP contribution in [0.4, 0.5) is 5.69 Å². The van der Waals surface area contributed by atoms with E-state index in [0.717, 1.165) is 16.1 Å². The quantitative estimate of drug-likeness (QED) is 0.354. The van der Waals surface area contributed by atoms with Gasteiger partial charge in [0.05, 0.1) is 11.9 Å². The maximum atomic E-state index is 14.0. The van der Waals surface area contributed by atoms with Crippen molar-refractivity contribution in [1.29, 1.82) is 0 Å². The Morgan fingerprint density at radius 2 is 1.58 bits per heavy atom. The van der Waals surface area contributed by atoms with Gasteiger partial charge in [0.15, 0.2) is 0 Å². The molecule has 0 bridgehead atoms. The number of amides is 2. The lowest BCUT2D eigenvalue weighted by Gasteiger charge is -2.33. The van der Waals surface area contributed by atoms with Gasteiger partial charge in [-0.05, 0) is 60.9 Å². The zero-order valence-electron chi connectivity index (χ0n) is 21.5. The molecule has 0 aliphatic carbocycles. The average molecular weight is 577 g/mol. The van der Waals surface area contributed by atoms with Crippen LogP contribution in [0, 0.1) is 6.92 Å². The molecule has 38 heavy (non-hydrogen) atoms. The van der Waals surface area contributed by atoms with Crippen LogP contribution in [0.1, 0.15) is 23.6 Å². The molecule has 7 nitrogen and oxygen atoms in total. The van der Waals surface area contributed by atoms with E-state index in [9.17, 15) is 18.0 Å². The molecule has 0 fully saturated rings. The van der Waals surface area contributed by atoms with Crippen molar-refractivity contribution in [3.05, 3.63) is 99.5 Å². The third-order valence-electron chi connectivity index (χ3n) is 5.97. The van der Waals surface area contributed by atoms with E-state index in [2.05, 4.69) is 5.32 Å². The SMILES string of the molecule is CCNC(=O)C(Cc1ccccc1)N(Cc1cccc(Cl)c1)C(=O)CN(c1ccc(Cl)cc1C)S(C)(=O)=O. The Kier molecular flexibility index (Phi) is 10.2. The number of likely N-dealkylation sites (N-methyl/N-ethyl adjacent to an activating group) is 1. The molecule has 1 unspecified atom stereocenters. The first kappa shape index (κ1) is 29.5. The number of sulfonamides is 1. The smallest absolute Gasteiger partial charge is 0.244 e. The standard InChI is InChI=1S/C28H31Cl2N3O4S/c1-4-31-28(35)26(17-21-9-6-5-7-10-21)32(18-22-11-8-12-23(29)16-22)27(34)19-33(38(3,36)37)25-14-13-24(30)15-20(25)2/h5-16,26H,4,17-19H2,1-3H3,(H,31,35). The fourth-order valence-electron chi connectivity index (χ4n) is 4.17. The zero-order chi connectivity index (χ0) is 27.9. The summed E-state index contributed by atoms with van der Waals surface area (Å²) in [6.45, 7) is 3.47. The second-order valence-corrected chi connectivity index (χ2v) is 11.7. The van der Waals surface area contributed by atoms with Gasteiger partial charge in [0.2, 0.25) is 21.8 Å². The lowest BCUT2D eigenvalue weighted by molar-refractivity contribution is -0.140. The number of nitrogens with zero attached hydrogens (tertiary/aromatic N) is 2. The number of halogens is 2. The number of anilines is 1. The van der Waals surface area contributed by atoms with E-state index in [0.29, 0.717) is 33.4 Å². The normalized spacial score (nSPS) is 12.0. The van der Waals surface area contributed by atoms with Crippen molar-refractivity contribution in [2.75, 3.05) is 23.7 Å². The summed E-state index contributed by atoms with van der Waals surface area (Å²) in [5, 5.41) is 3.76. The molecule has 0 heterocycles. The maximum absolute atomic E-state index is 14.0. The van der Waals surface area contributed by atoms with Crippen LogP contribution in [0.15, 0.2) is 72.8 Å². The maximum Gasteiger partial charge on any atom is 0.244 e. The van der Waals surface area contributed by atoms with Crippen molar-refractivity contribution < 1.29 is 18.0 Å². The van der Waals surface area contributed by atoms with Crippen molar-refractivity contribution in [3.8, 4) is 0 Å². The Balaban J connectivity index is 2.06. The molecule has 0 radical (unpaired) electrons. The van der Waals surface area contributed by atoms with E-state index >= 15 is 0 Å². The first-order valence-electron chi connectivity index (χ1n) is 12.1. The van der Waals surface area contributed by atoms with Crippen LogP contribution in [0.2, 0.25) is 10.0 Å². The molecule has 0 saturated heterocycles. The molecule has 0 saturated carbocycles. The summed E-state index contributed by atoms with van der Waals surface area (Å²) in [7, 11) is -3.86. The van der Waals surface area contributed by atoms with Gasteiger partial charge in [-0.2, -0.15) is 0 Å². The van der Waals surface area contributed by atoms with Crippen molar-refractivity contribution >= 4 is 50.7 Å². The molecule has 2 amide bonds. The Morgan fingerprint density at radius 1 is 0.921 bits per heavy atom. The van der Waals surface area contributed by atoms with E-state index in [1.165, 1.54) is 4.90 Å². The molecule has 1 N–H and O–H groups in total. The van der Waals surface area contributed by atoms with Gasteiger partial charge >= 0.3 is 0 Å². The molecule has 0 spiro atoms. The topological polar surface area (TPSA) is 86.8 Å². The predicted octanol–water partition coefficient (Wildman–Crippen LogP) is 4.84. The molecule has 3 rings (SSSR count). The number of nitrogens with one attached hydrogen (secondary N) is 1. The number of aryl methyl sites for hydroxylation is 1. The van der Waals surface area contributed by atoms with Crippen LogP contribution in [0.5, 0.6) is 0 Å². The van der Waals surface area contributed by atoms with E-state index in [1.54, 1.807) is 56.3 Å². The van der Waals surface area contributed by atoms with E-state index in [1.807, 2.05) is 30.3 Å². The van der Waals surface area contributed by atoms with Gasteiger partial charge in [-0.15, -0.1) is 0 Å². The Morgan fingerprint density at radius 3 is 2.18 bits per heavy atom. The van der Waals surface area contributed by atoms with Crippen LogP contribution in [0.3, 0.4) is 0 Å². The van der Waals surface area contributed by atoms with Gasteiger partial charge in [-0.1, -0.05) is 65.7 Å². The predicted molar refractivity (Wildman–Crippen MR) is 153 cm³/mol. The molecule has 1 atom stereocenters. The molecule has 0 aliphatic heterocycles. The van der Waals surface area contributed by atoms with Crippen molar-refractivity contribution in [2.24, 2.45) is 0 Å². The van der Waals surface area contributed by atoms with Crippen LogP contribution >= 0.6 is 23.2 Å². The van der Waals surface area contributed by atoms with Gasteiger partial charge in [0, 0.05) is 29.6 Å². The average Bonchev–Trinajstić information content (AvgIpc) is 2.85. The summed E-state index contributed by atoms with van der Waals surface area (Å²) in [6.07, 6.45) is 1.29. The summed E-state index contributed by atoms with van der Waals surface area (Å²) in [4.78, 5) is 28.7. The minimum atomic E-state index is -3.86. The first-order chi connectivity index (χ1) is 18.0. The number of carbonyl (C=O) groups excluding carboxylic acids is 2. The monoisotopic (exact) mass is 575 g/mol. The molecule has 0 aromatic heterocycles. The van der Waals surface area contributed by atoms with E-state index < -0.39 is 28.5 Å². The number of hydrogen-bond acceptors (Lipinski definition) is 4. The lowest BCUT2D eigenvalue weighted by Crippen LogP contribution is -2.53. The molecular weight excluding hydrogens is 545 g/mol. The summed E-state index contributed by atoms with van der Waals surface area (Å²) < 4.78 is 26.8. The zero-order valence-corrected chi connectivity index (χ0v) is 23.9. The number of carbonyl (C=O) groups is 2. The van der Waals surface area contributed by atoms with Gasteiger partial charge < -0.3 is 10.2 Å². The highest BCUT2D eigenvalue weighted by atomic mass is 35.5.